The number of piperidine rings is 1. The Labute approximate surface area is 189 Å². The number of carbonyl (C=O) groups excluding carboxylic acids is 3. The molecule has 3 atom stereocenters. The Morgan fingerprint density at radius 3 is 2.72 bits per heavy atom. The van der Waals surface area contributed by atoms with Gasteiger partial charge < -0.3 is 21.3 Å². The van der Waals surface area contributed by atoms with Crippen LogP contribution in [0.5, 0.6) is 0 Å². The van der Waals surface area contributed by atoms with E-state index in [-0.39, 0.29) is 17.9 Å². The summed E-state index contributed by atoms with van der Waals surface area (Å²) in [6.07, 6.45) is 2.45. The molecule has 8 nitrogen and oxygen atoms in total. The number of amides is 4. The van der Waals surface area contributed by atoms with Crippen molar-refractivity contribution in [2.45, 2.75) is 19.0 Å². The molecule has 9 heteroatoms. The SMILES string of the molecule is NC(=O)n1cc(NC(=O)N2C[C@H]3C[C@H]3[C@H]2C(=O)NCc2cccc(Cl)c2)c2ccccc21. The largest absolute Gasteiger partial charge is 0.351 e. The van der Waals surface area contributed by atoms with Gasteiger partial charge in [-0.05, 0) is 42.0 Å². The second kappa shape index (κ2) is 7.87. The highest BCUT2D eigenvalue weighted by atomic mass is 35.5. The number of rotatable bonds is 4. The van der Waals surface area contributed by atoms with Crippen LogP contribution in [0, 0.1) is 11.8 Å². The number of anilines is 1. The van der Waals surface area contributed by atoms with Crippen LogP contribution in [0.4, 0.5) is 15.3 Å². The van der Waals surface area contributed by atoms with Crippen molar-refractivity contribution < 1.29 is 14.4 Å². The molecule has 0 radical (unpaired) electrons. The average Bonchev–Trinajstić information content (AvgIpc) is 3.28. The number of carbonyl (C=O) groups is 3. The number of aromatic nitrogens is 1. The van der Waals surface area contributed by atoms with Crippen molar-refractivity contribution in [3.8, 4) is 0 Å². The molecule has 1 aliphatic carbocycles. The van der Waals surface area contributed by atoms with E-state index in [0.29, 0.717) is 40.6 Å². The number of nitrogens with zero attached hydrogens (tertiary/aromatic N) is 2. The lowest BCUT2D eigenvalue weighted by atomic mass is 10.1. The molecule has 1 saturated carbocycles. The number of hydrogen-bond donors (Lipinski definition) is 3. The first-order chi connectivity index (χ1) is 15.4. The van der Waals surface area contributed by atoms with E-state index < -0.39 is 12.1 Å². The van der Waals surface area contributed by atoms with Crippen LogP contribution in [0.15, 0.2) is 54.7 Å². The zero-order chi connectivity index (χ0) is 22.4. The third kappa shape index (κ3) is 3.67. The third-order valence-corrected chi connectivity index (χ3v) is 6.46. The Balaban J connectivity index is 1.32. The molecule has 5 rings (SSSR count). The number of benzene rings is 2. The van der Waals surface area contributed by atoms with Crippen LogP contribution < -0.4 is 16.4 Å². The van der Waals surface area contributed by atoms with Crippen molar-refractivity contribution in [1.82, 2.24) is 14.8 Å². The normalized spacial score (nSPS) is 21.3. The molecule has 4 N–H and O–H groups in total. The van der Waals surface area contributed by atoms with E-state index in [4.69, 9.17) is 17.3 Å². The molecule has 2 aromatic carbocycles. The summed E-state index contributed by atoms with van der Waals surface area (Å²) in [7, 11) is 0. The first kappa shape index (κ1) is 20.4. The molecule has 1 aromatic heterocycles. The Kier molecular flexibility index (Phi) is 5.01. The summed E-state index contributed by atoms with van der Waals surface area (Å²) in [5.41, 5.74) is 7.44. The van der Waals surface area contributed by atoms with Crippen LogP contribution >= 0.6 is 11.6 Å². The number of fused-ring (bicyclic) bond motifs is 2. The zero-order valence-corrected chi connectivity index (χ0v) is 17.9. The van der Waals surface area contributed by atoms with E-state index >= 15 is 0 Å². The minimum absolute atomic E-state index is 0.173. The maximum absolute atomic E-state index is 13.1. The summed E-state index contributed by atoms with van der Waals surface area (Å²) in [5, 5.41) is 7.12. The molecule has 1 saturated heterocycles. The second-order valence-electron chi connectivity index (χ2n) is 8.30. The van der Waals surface area contributed by atoms with Gasteiger partial charge in [-0.2, -0.15) is 0 Å². The maximum Gasteiger partial charge on any atom is 0.323 e. The summed E-state index contributed by atoms with van der Waals surface area (Å²) in [6.45, 7) is 0.870. The summed E-state index contributed by atoms with van der Waals surface area (Å²) in [6, 6.07) is 12.9. The molecule has 2 fully saturated rings. The smallest absolute Gasteiger partial charge is 0.323 e. The molecular formula is C23H22ClN5O3. The molecule has 0 bridgehead atoms. The number of nitrogens with one attached hydrogen (secondary N) is 2. The van der Waals surface area contributed by atoms with Gasteiger partial charge in [0.15, 0.2) is 0 Å². The average molecular weight is 452 g/mol. The fourth-order valence-electron chi connectivity index (χ4n) is 4.60. The van der Waals surface area contributed by atoms with Gasteiger partial charge in [0.1, 0.15) is 6.04 Å². The number of likely N-dealkylation sites (tertiary alicyclic amines) is 1. The van der Waals surface area contributed by atoms with Crippen LogP contribution in [0.1, 0.15) is 12.0 Å². The molecule has 2 heterocycles. The number of hydrogen-bond acceptors (Lipinski definition) is 3. The minimum atomic E-state index is -0.637. The van der Waals surface area contributed by atoms with Crippen molar-refractivity contribution >= 4 is 46.2 Å². The van der Waals surface area contributed by atoms with E-state index in [1.54, 1.807) is 35.2 Å². The lowest BCUT2D eigenvalue weighted by molar-refractivity contribution is -0.125. The van der Waals surface area contributed by atoms with Gasteiger partial charge in [-0.3, -0.25) is 9.36 Å². The number of nitrogens with two attached hydrogens (primary N) is 1. The van der Waals surface area contributed by atoms with E-state index in [2.05, 4.69) is 10.6 Å². The molecule has 1 aliphatic heterocycles. The Bertz CT molecular complexity index is 1240. The van der Waals surface area contributed by atoms with Crippen molar-refractivity contribution in [1.29, 1.82) is 0 Å². The summed E-state index contributed by atoms with van der Waals surface area (Å²) >= 11 is 6.02. The van der Waals surface area contributed by atoms with Gasteiger partial charge in [-0.25, -0.2) is 9.59 Å². The fraction of sp³-hybridized carbons (Fsp3) is 0.261. The minimum Gasteiger partial charge on any atom is -0.351 e. The monoisotopic (exact) mass is 451 g/mol. The summed E-state index contributed by atoms with van der Waals surface area (Å²) < 4.78 is 1.29. The van der Waals surface area contributed by atoms with Crippen molar-refractivity contribution in [3.63, 3.8) is 0 Å². The van der Waals surface area contributed by atoms with Gasteiger partial charge in [0.05, 0.1) is 11.2 Å². The fourth-order valence-corrected chi connectivity index (χ4v) is 4.81. The second-order valence-corrected chi connectivity index (χ2v) is 8.74. The van der Waals surface area contributed by atoms with E-state index in [0.717, 1.165) is 12.0 Å². The molecule has 32 heavy (non-hydrogen) atoms. The Morgan fingerprint density at radius 2 is 1.94 bits per heavy atom. The predicted octanol–water partition coefficient (Wildman–Crippen LogP) is 3.39. The van der Waals surface area contributed by atoms with Crippen molar-refractivity contribution in [2.24, 2.45) is 17.6 Å². The molecular weight excluding hydrogens is 430 g/mol. The molecule has 2 aliphatic rings. The lowest BCUT2D eigenvalue weighted by Gasteiger charge is -2.26. The number of urea groups is 1. The highest BCUT2D eigenvalue weighted by Gasteiger charge is 2.56. The van der Waals surface area contributed by atoms with Crippen LogP contribution in [0.2, 0.25) is 5.02 Å². The Hall–Kier alpha value is -3.52. The number of primary amides is 1. The van der Waals surface area contributed by atoms with Crippen LogP contribution in [-0.2, 0) is 11.3 Å². The van der Waals surface area contributed by atoms with Gasteiger partial charge in [0.25, 0.3) is 0 Å². The molecule has 0 unspecified atom stereocenters. The van der Waals surface area contributed by atoms with Crippen molar-refractivity contribution in [2.75, 3.05) is 11.9 Å². The molecule has 4 amide bonds. The topological polar surface area (TPSA) is 109 Å². The first-order valence-electron chi connectivity index (χ1n) is 10.4. The van der Waals surface area contributed by atoms with Crippen LogP contribution in [-0.4, -0.2) is 40.0 Å². The van der Waals surface area contributed by atoms with Gasteiger partial charge in [0, 0.05) is 29.7 Å². The molecule has 0 spiro atoms. The third-order valence-electron chi connectivity index (χ3n) is 6.23. The van der Waals surface area contributed by atoms with E-state index in [9.17, 15) is 14.4 Å². The van der Waals surface area contributed by atoms with Crippen molar-refractivity contribution in [3.05, 3.63) is 65.3 Å². The van der Waals surface area contributed by atoms with Crippen LogP contribution in [0.25, 0.3) is 10.9 Å². The summed E-state index contributed by atoms with van der Waals surface area (Å²) in [5.74, 6) is 0.339. The molecule has 164 valence electrons. The lowest BCUT2D eigenvalue weighted by Crippen LogP contribution is -2.49. The zero-order valence-electron chi connectivity index (χ0n) is 17.1. The van der Waals surface area contributed by atoms with E-state index in [1.807, 2.05) is 18.2 Å². The quantitative estimate of drug-likeness (QED) is 0.565. The first-order valence-corrected chi connectivity index (χ1v) is 10.8. The predicted molar refractivity (Wildman–Crippen MR) is 121 cm³/mol. The van der Waals surface area contributed by atoms with Gasteiger partial charge in [-0.15, -0.1) is 0 Å². The number of halogens is 1. The standard InChI is InChI=1S/C23H22ClN5O3/c24-15-5-3-4-13(8-15)10-26-21(30)20-17-9-14(17)11-29(20)23(32)27-18-12-28(22(25)31)19-7-2-1-6-16(18)19/h1-8,12,14,17,20H,9-11H2,(H2,25,31)(H,26,30)(H,27,32)/t14-,17-,20+/m1/s1. The highest BCUT2D eigenvalue weighted by molar-refractivity contribution is 6.30. The number of para-hydroxylation sites is 1. The highest BCUT2D eigenvalue weighted by Crippen LogP contribution is 2.49. The maximum atomic E-state index is 13.1. The van der Waals surface area contributed by atoms with Gasteiger partial charge in [0.2, 0.25) is 5.91 Å². The summed E-state index contributed by atoms with van der Waals surface area (Å²) in [4.78, 5) is 39.5. The van der Waals surface area contributed by atoms with E-state index in [1.165, 1.54) is 10.8 Å². The van der Waals surface area contributed by atoms with Gasteiger partial charge in [-0.1, -0.05) is 41.9 Å². The Morgan fingerprint density at radius 1 is 1.12 bits per heavy atom. The van der Waals surface area contributed by atoms with Crippen LogP contribution in [0.3, 0.4) is 0 Å². The molecule has 3 aromatic rings. The van der Waals surface area contributed by atoms with Gasteiger partial charge >= 0.3 is 12.1 Å².